The van der Waals surface area contributed by atoms with Crippen LogP contribution in [0.15, 0.2) is 46.0 Å². The standard InChI is InChI=1S/C19H15F2N3O4/c1-27-15(25)9-24-6-5-11-12(7-22-17(11)19(24)26)18-13(8-23-28-18)10-3-2-4-14(20)16(10)21/h2-6,8,12,22H,7,9H2,1H3. The molecule has 0 amide bonds. The first kappa shape index (κ1) is 17.9. The van der Waals surface area contributed by atoms with Crippen LogP contribution < -0.4 is 10.9 Å². The third-order valence-electron chi connectivity index (χ3n) is 4.74. The van der Waals surface area contributed by atoms with Crippen LogP contribution in [0.1, 0.15) is 17.2 Å². The van der Waals surface area contributed by atoms with Gasteiger partial charge in [0.05, 0.1) is 19.2 Å². The third-order valence-corrected chi connectivity index (χ3v) is 4.74. The summed E-state index contributed by atoms with van der Waals surface area (Å²) in [7, 11) is 1.24. The van der Waals surface area contributed by atoms with Gasteiger partial charge in [0.25, 0.3) is 5.56 Å². The van der Waals surface area contributed by atoms with Gasteiger partial charge in [-0.15, -0.1) is 0 Å². The van der Waals surface area contributed by atoms with E-state index in [0.717, 1.165) is 6.07 Å². The highest BCUT2D eigenvalue weighted by Gasteiger charge is 2.32. The maximum atomic E-state index is 14.2. The smallest absolute Gasteiger partial charge is 0.325 e. The molecule has 28 heavy (non-hydrogen) atoms. The molecule has 0 aliphatic carbocycles. The molecule has 1 aliphatic heterocycles. The molecule has 0 bridgehead atoms. The van der Waals surface area contributed by atoms with Crippen molar-refractivity contribution in [1.82, 2.24) is 9.72 Å². The van der Waals surface area contributed by atoms with E-state index in [-0.39, 0.29) is 17.7 Å². The SMILES string of the molecule is COC(=O)Cn1ccc2c(c1=O)NCC2c1oncc1-c1cccc(F)c1F. The van der Waals surface area contributed by atoms with E-state index < -0.39 is 23.5 Å². The molecule has 1 N–H and O–H groups in total. The van der Waals surface area contributed by atoms with Crippen LogP contribution >= 0.6 is 0 Å². The lowest BCUT2D eigenvalue weighted by atomic mass is 9.94. The second kappa shape index (κ2) is 6.91. The molecule has 1 unspecified atom stereocenters. The number of rotatable bonds is 4. The van der Waals surface area contributed by atoms with Crippen LogP contribution in [0, 0.1) is 11.6 Å². The fourth-order valence-electron chi connectivity index (χ4n) is 3.35. The summed E-state index contributed by atoms with van der Waals surface area (Å²) in [5.41, 5.74) is 0.905. The van der Waals surface area contributed by atoms with E-state index in [4.69, 9.17) is 4.52 Å². The predicted molar refractivity (Wildman–Crippen MR) is 94.9 cm³/mol. The summed E-state index contributed by atoms with van der Waals surface area (Å²) in [5.74, 6) is -2.61. The van der Waals surface area contributed by atoms with E-state index >= 15 is 0 Å². The van der Waals surface area contributed by atoms with Crippen LogP contribution in [0.3, 0.4) is 0 Å². The molecular weight excluding hydrogens is 372 g/mol. The summed E-state index contributed by atoms with van der Waals surface area (Å²) < 4.78 is 39.0. The molecule has 0 saturated carbocycles. The number of methoxy groups -OCH3 is 1. The number of esters is 1. The summed E-state index contributed by atoms with van der Waals surface area (Å²) in [6, 6.07) is 5.55. The summed E-state index contributed by atoms with van der Waals surface area (Å²) in [6.07, 6.45) is 2.81. The molecule has 0 fully saturated rings. The Morgan fingerprint density at radius 3 is 2.96 bits per heavy atom. The van der Waals surface area contributed by atoms with Crippen LogP contribution in [0.25, 0.3) is 11.1 Å². The number of aromatic nitrogens is 2. The Labute approximate surface area is 157 Å². The Morgan fingerprint density at radius 1 is 1.36 bits per heavy atom. The molecule has 3 heterocycles. The molecule has 0 spiro atoms. The number of anilines is 1. The van der Waals surface area contributed by atoms with Crippen molar-refractivity contribution in [1.29, 1.82) is 0 Å². The molecular formula is C19H15F2N3O4. The van der Waals surface area contributed by atoms with Crippen molar-refractivity contribution in [2.45, 2.75) is 12.5 Å². The fraction of sp³-hybridized carbons (Fsp3) is 0.211. The Bertz CT molecular complexity index is 1120. The first-order chi connectivity index (χ1) is 13.5. The highest BCUT2D eigenvalue weighted by molar-refractivity contribution is 5.71. The average molecular weight is 387 g/mol. The number of fused-ring (bicyclic) bond motifs is 1. The van der Waals surface area contributed by atoms with Crippen molar-refractivity contribution in [3.05, 3.63) is 70.0 Å². The maximum absolute atomic E-state index is 14.2. The molecule has 4 rings (SSSR count). The largest absolute Gasteiger partial charge is 0.468 e. The molecule has 9 heteroatoms. The minimum absolute atomic E-state index is 0.0312. The van der Waals surface area contributed by atoms with Crippen molar-refractivity contribution in [3.63, 3.8) is 0 Å². The average Bonchev–Trinajstić information content (AvgIpc) is 3.33. The van der Waals surface area contributed by atoms with Crippen LogP contribution in [0.5, 0.6) is 0 Å². The molecule has 0 saturated heterocycles. The number of benzene rings is 1. The van der Waals surface area contributed by atoms with E-state index in [1.807, 2.05) is 0 Å². The minimum Gasteiger partial charge on any atom is -0.468 e. The summed E-state index contributed by atoms with van der Waals surface area (Å²) in [5, 5.41) is 6.74. The normalized spacial score (nSPS) is 15.2. The lowest BCUT2D eigenvalue weighted by Crippen LogP contribution is -2.25. The Morgan fingerprint density at radius 2 is 2.18 bits per heavy atom. The van der Waals surface area contributed by atoms with Gasteiger partial charge in [0.2, 0.25) is 0 Å². The van der Waals surface area contributed by atoms with Gasteiger partial charge in [0, 0.05) is 23.9 Å². The van der Waals surface area contributed by atoms with Gasteiger partial charge in [-0.1, -0.05) is 17.3 Å². The number of nitrogens with zero attached hydrogens (tertiary/aromatic N) is 2. The van der Waals surface area contributed by atoms with Gasteiger partial charge < -0.3 is 19.1 Å². The third kappa shape index (κ3) is 2.84. The Hall–Kier alpha value is -3.49. The molecule has 1 atom stereocenters. The number of pyridine rings is 1. The van der Waals surface area contributed by atoms with Crippen LogP contribution in [-0.4, -0.2) is 29.3 Å². The first-order valence-corrected chi connectivity index (χ1v) is 8.44. The zero-order valence-corrected chi connectivity index (χ0v) is 14.7. The molecule has 144 valence electrons. The molecule has 1 aromatic carbocycles. The van der Waals surface area contributed by atoms with Crippen molar-refractivity contribution >= 4 is 11.7 Å². The van der Waals surface area contributed by atoms with Crippen LogP contribution in [-0.2, 0) is 16.1 Å². The van der Waals surface area contributed by atoms with Gasteiger partial charge in [-0.05, 0) is 17.7 Å². The number of nitrogens with one attached hydrogen (secondary N) is 1. The van der Waals surface area contributed by atoms with E-state index in [1.54, 1.807) is 6.07 Å². The number of hydrogen-bond donors (Lipinski definition) is 1. The lowest BCUT2D eigenvalue weighted by molar-refractivity contribution is -0.141. The number of ether oxygens (including phenoxy) is 1. The zero-order valence-electron chi connectivity index (χ0n) is 14.7. The van der Waals surface area contributed by atoms with E-state index in [1.165, 1.54) is 36.2 Å². The van der Waals surface area contributed by atoms with Gasteiger partial charge in [0.15, 0.2) is 17.4 Å². The number of carbonyl (C=O) groups is 1. The summed E-state index contributed by atoms with van der Waals surface area (Å²) in [4.78, 5) is 24.1. The van der Waals surface area contributed by atoms with Gasteiger partial charge in [0.1, 0.15) is 12.2 Å². The molecule has 2 aromatic heterocycles. The van der Waals surface area contributed by atoms with E-state index in [2.05, 4.69) is 15.2 Å². The van der Waals surface area contributed by atoms with Crippen LogP contribution in [0.2, 0.25) is 0 Å². The topological polar surface area (TPSA) is 86.4 Å². The van der Waals surface area contributed by atoms with Gasteiger partial charge in [-0.25, -0.2) is 8.78 Å². The number of carbonyl (C=O) groups excluding carboxylic acids is 1. The second-order valence-electron chi connectivity index (χ2n) is 6.29. The Balaban J connectivity index is 1.75. The van der Waals surface area contributed by atoms with Crippen molar-refractivity contribution in [2.75, 3.05) is 19.0 Å². The van der Waals surface area contributed by atoms with Crippen LogP contribution in [0.4, 0.5) is 14.5 Å². The monoisotopic (exact) mass is 387 g/mol. The summed E-state index contributed by atoms with van der Waals surface area (Å²) in [6.45, 7) is 0.100. The maximum Gasteiger partial charge on any atom is 0.325 e. The minimum atomic E-state index is -0.994. The lowest BCUT2D eigenvalue weighted by Gasteiger charge is -2.11. The van der Waals surface area contributed by atoms with Gasteiger partial charge in [-0.3, -0.25) is 9.59 Å². The summed E-state index contributed by atoms with van der Waals surface area (Å²) >= 11 is 0. The highest BCUT2D eigenvalue weighted by Crippen LogP contribution is 2.39. The van der Waals surface area contributed by atoms with Gasteiger partial charge >= 0.3 is 5.97 Å². The van der Waals surface area contributed by atoms with Crippen molar-refractivity contribution in [2.24, 2.45) is 0 Å². The van der Waals surface area contributed by atoms with Crippen molar-refractivity contribution < 1.29 is 22.8 Å². The molecule has 3 aromatic rings. The molecule has 0 radical (unpaired) electrons. The first-order valence-electron chi connectivity index (χ1n) is 8.44. The number of halogens is 2. The van der Waals surface area contributed by atoms with Gasteiger partial charge in [-0.2, -0.15) is 0 Å². The fourth-order valence-corrected chi connectivity index (χ4v) is 3.35. The van der Waals surface area contributed by atoms with E-state index in [9.17, 15) is 18.4 Å². The second-order valence-corrected chi connectivity index (χ2v) is 6.29. The molecule has 7 nitrogen and oxygen atoms in total. The predicted octanol–water partition coefficient (Wildman–Crippen LogP) is 2.51. The highest BCUT2D eigenvalue weighted by atomic mass is 19.2. The van der Waals surface area contributed by atoms with Crippen molar-refractivity contribution in [3.8, 4) is 11.1 Å². The quantitative estimate of drug-likeness (QED) is 0.693. The zero-order chi connectivity index (χ0) is 19.8. The molecule has 1 aliphatic rings. The van der Waals surface area contributed by atoms with E-state index in [0.29, 0.717) is 29.1 Å². The Kier molecular flexibility index (Phi) is 4.42. The number of hydrogen-bond acceptors (Lipinski definition) is 6.